The Hall–Kier alpha value is -1.92. The number of carbonyl (C=O) groups excluding carboxylic acids is 3. The summed E-state index contributed by atoms with van der Waals surface area (Å²) in [6, 6.07) is 5.74. The standard InChI is InChI=1S/C18H21N2O6PS2/c1-4-27(24,25-11-12-28-29-13(2)3)19-15-7-5-14(6-8-15)18(23)26-20-16(21)9-10-17(20)22/h1,5-8,13H,9-12H2,2-3H3,(H,19,24). The lowest BCUT2D eigenvalue weighted by atomic mass is 10.2. The van der Waals surface area contributed by atoms with E-state index < -0.39 is 25.3 Å². The van der Waals surface area contributed by atoms with Gasteiger partial charge in [0.25, 0.3) is 11.8 Å². The van der Waals surface area contributed by atoms with E-state index in [4.69, 9.17) is 15.8 Å². The summed E-state index contributed by atoms with van der Waals surface area (Å²) >= 11 is 0. The SMILES string of the molecule is C#CP(=O)(Nc1ccc(C(=O)ON2C(=O)CCC2=O)cc1)OCCSSC(C)C. The topological polar surface area (TPSA) is 102 Å². The van der Waals surface area contributed by atoms with Crippen LogP contribution in [0.25, 0.3) is 0 Å². The Balaban J connectivity index is 1.90. The highest BCUT2D eigenvalue weighted by molar-refractivity contribution is 8.76. The van der Waals surface area contributed by atoms with Gasteiger partial charge in [-0.2, -0.15) is 0 Å². The monoisotopic (exact) mass is 456 g/mol. The minimum absolute atomic E-state index is 0.0189. The number of nitrogens with zero attached hydrogens (tertiary/aromatic N) is 1. The number of rotatable bonds is 10. The van der Waals surface area contributed by atoms with Crippen LogP contribution in [-0.2, 0) is 23.5 Å². The van der Waals surface area contributed by atoms with Crippen LogP contribution < -0.4 is 5.09 Å². The Morgan fingerprint density at radius 3 is 2.45 bits per heavy atom. The quantitative estimate of drug-likeness (QED) is 0.185. The molecule has 1 N–H and O–H groups in total. The van der Waals surface area contributed by atoms with Crippen molar-refractivity contribution in [2.75, 3.05) is 17.4 Å². The second-order valence-corrected chi connectivity index (χ2v) is 11.0. The zero-order valence-electron chi connectivity index (χ0n) is 16.0. The lowest BCUT2D eigenvalue weighted by Crippen LogP contribution is -2.32. The molecule has 0 radical (unpaired) electrons. The van der Waals surface area contributed by atoms with Crippen molar-refractivity contribution in [1.82, 2.24) is 5.06 Å². The van der Waals surface area contributed by atoms with E-state index >= 15 is 0 Å². The van der Waals surface area contributed by atoms with Gasteiger partial charge in [0.15, 0.2) is 0 Å². The molecule has 0 aliphatic carbocycles. The maximum Gasteiger partial charge on any atom is 0.367 e. The lowest BCUT2D eigenvalue weighted by molar-refractivity contribution is -0.172. The van der Waals surface area contributed by atoms with Crippen LogP contribution in [-0.4, -0.2) is 40.5 Å². The van der Waals surface area contributed by atoms with Crippen molar-refractivity contribution in [2.24, 2.45) is 0 Å². The van der Waals surface area contributed by atoms with Gasteiger partial charge in [-0.3, -0.25) is 14.2 Å². The Morgan fingerprint density at radius 2 is 1.90 bits per heavy atom. The number of imide groups is 1. The molecule has 11 heteroatoms. The fraction of sp³-hybridized carbons (Fsp3) is 0.389. The smallest absolute Gasteiger partial charge is 0.325 e. The third-order valence-electron chi connectivity index (χ3n) is 3.45. The fourth-order valence-electron chi connectivity index (χ4n) is 2.13. The summed E-state index contributed by atoms with van der Waals surface area (Å²) in [7, 11) is -0.221. The minimum Gasteiger partial charge on any atom is -0.325 e. The average molecular weight is 456 g/mol. The van der Waals surface area contributed by atoms with E-state index in [1.54, 1.807) is 21.6 Å². The number of carbonyl (C=O) groups is 3. The number of nitrogens with one attached hydrogen (secondary N) is 1. The van der Waals surface area contributed by atoms with Gasteiger partial charge in [0.1, 0.15) is 0 Å². The van der Waals surface area contributed by atoms with Gasteiger partial charge in [-0.15, -0.1) is 11.5 Å². The van der Waals surface area contributed by atoms with Crippen LogP contribution in [0, 0.1) is 12.1 Å². The zero-order chi connectivity index (χ0) is 21.4. The second kappa shape index (κ2) is 10.7. The number of anilines is 1. The van der Waals surface area contributed by atoms with Crippen molar-refractivity contribution < 1.29 is 28.3 Å². The van der Waals surface area contributed by atoms with Gasteiger partial charge < -0.3 is 14.4 Å². The predicted octanol–water partition coefficient (Wildman–Crippen LogP) is 3.91. The number of hydrogen-bond donors (Lipinski definition) is 1. The Bertz CT molecular complexity index is 837. The molecule has 1 heterocycles. The van der Waals surface area contributed by atoms with E-state index in [0.717, 1.165) is 0 Å². The molecule has 2 amide bonds. The number of hydroxylamine groups is 2. The van der Waals surface area contributed by atoms with Crippen molar-refractivity contribution >= 4 is 52.6 Å². The van der Waals surface area contributed by atoms with Gasteiger partial charge in [0, 0.05) is 35.2 Å². The van der Waals surface area contributed by atoms with Gasteiger partial charge in [0.05, 0.1) is 12.2 Å². The molecule has 1 aliphatic heterocycles. The highest BCUT2D eigenvalue weighted by atomic mass is 33.1. The molecular weight excluding hydrogens is 435 g/mol. The van der Waals surface area contributed by atoms with Crippen molar-refractivity contribution in [3.63, 3.8) is 0 Å². The summed E-state index contributed by atoms with van der Waals surface area (Å²) in [6.07, 6.45) is 5.39. The summed E-state index contributed by atoms with van der Waals surface area (Å²) < 4.78 is 18.0. The molecule has 0 saturated carbocycles. The zero-order valence-corrected chi connectivity index (χ0v) is 18.5. The van der Waals surface area contributed by atoms with Crippen molar-refractivity contribution in [1.29, 1.82) is 0 Å². The van der Waals surface area contributed by atoms with Crippen LogP contribution in [0.15, 0.2) is 24.3 Å². The summed E-state index contributed by atoms with van der Waals surface area (Å²) in [5.74, 6) is -1.33. The number of benzene rings is 1. The first kappa shape index (κ1) is 23.4. The third kappa shape index (κ3) is 7.12. The van der Waals surface area contributed by atoms with E-state index in [2.05, 4.69) is 24.6 Å². The molecule has 1 atom stereocenters. The molecule has 1 aliphatic rings. The molecule has 2 rings (SSSR count). The first-order valence-electron chi connectivity index (χ1n) is 8.71. The Kier molecular flexibility index (Phi) is 8.65. The van der Waals surface area contributed by atoms with Crippen LogP contribution in [0.4, 0.5) is 5.69 Å². The van der Waals surface area contributed by atoms with Gasteiger partial charge in [-0.25, -0.2) is 4.79 Å². The molecular formula is C18H21N2O6PS2. The van der Waals surface area contributed by atoms with Crippen molar-refractivity contribution in [3.8, 4) is 12.1 Å². The van der Waals surface area contributed by atoms with E-state index in [1.165, 1.54) is 24.3 Å². The number of amides is 2. The number of terminal acetylenes is 1. The van der Waals surface area contributed by atoms with Crippen LogP contribution in [0.2, 0.25) is 0 Å². The molecule has 1 saturated heterocycles. The van der Waals surface area contributed by atoms with Crippen molar-refractivity contribution in [3.05, 3.63) is 29.8 Å². The van der Waals surface area contributed by atoms with Crippen LogP contribution in [0.3, 0.4) is 0 Å². The molecule has 8 nitrogen and oxygen atoms in total. The van der Waals surface area contributed by atoms with Gasteiger partial charge in [-0.05, 0) is 24.3 Å². The van der Waals surface area contributed by atoms with Crippen LogP contribution >= 0.6 is 29.1 Å². The van der Waals surface area contributed by atoms with Gasteiger partial charge >= 0.3 is 13.5 Å². The Morgan fingerprint density at radius 1 is 1.28 bits per heavy atom. The normalized spacial score (nSPS) is 15.9. The third-order valence-corrected chi connectivity index (χ3v) is 7.80. The van der Waals surface area contributed by atoms with Crippen LogP contribution in [0.5, 0.6) is 0 Å². The fourth-order valence-corrected chi connectivity index (χ4v) is 5.12. The lowest BCUT2D eigenvalue weighted by Gasteiger charge is -2.16. The first-order chi connectivity index (χ1) is 13.7. The van der Waals surface area contributed by atoms with E-state index in [1.807, 2.05) is 0 Å². The van der Waals surface area contributed by atoms with Crippen LogP contribution in [0.1, 0.15) is 37.0 Å². The minimum atomic E-state index is -3.52. The molecule has 0 aromatic heterocycles. The molecule has 1 unspecified atom stereocenters. The maximum atomic E-state index is 12.6. The van der Waals surface area contributed by atoms with Gasteiger partial charge in [0.2, 0.25) is 0 Å². The van der Waals surface area contributed by atoms with E-state index in [9.17, 15) is 18.9 Å². The molecule has 156 valence electrons. The molecule has 29 heavy (non-hydrogen) atoms. The molecule has 0 bridgehead atoms. The second-order valence-electron chi connectivity index (χ2n) is 6.13. The van der Waals surface area contributed by atoms with Gasteiger partial charge in [-0.1, -0.05) is 35.4 Å². The molecule has 1 aromatic carbocycles. The maximum absolute atomic E-state index is 12.6. The summed E-state index contributed by atoms with van der Waals surface area (Å²) in [5.41, 5.74) is 2.66. The summed E-state index contributed by atoms with van der Waals surface area (Å²) in [5, 5.41) is 3.62. The van der Waals surface area contributed by atoms with Crippen molar-refractivity contribution in [2.45, 2.75) is 31.9 Å². The highest BCUT2D eigenvalue weighted by Gasteiger charge is 2.33. The molecule has 1 fully saturated rings. The first-order valence-corrected chi connectivity index (χ1v) is 12.7. The molecule has 0 spiro atoms. The molecule has 1 aromatic rings. The van der Waals surface area contributed by atoms with E-state index in [0.29, 0.717) is 21.8 Å². The average Bonchev–Trinajstić information content (AvgIpc) is 3.00. The predicted molar refractivity (Wildman–Crippen MR) is 114 cm³/mol. The number of hydrogen-bond acceptors (Lipinski definition) is 8. The largest absolute Gasteiger partial charge is 0.367 e. The van der Waals surface area contributed by atoms with E-state index in [-0.39, 0.29) is 25.0 Å². The Labute approximate surface area is 177 Å². The summed E-state index contributed by atoms with van der Waals surface area (Å²) in [6.45, 7) is 4.38. The summed E-state index contributed by atoms with van der Waals surface area (Å²) in [4.78, 5) is 39.9. The highest BCUT2D eigenvalue weighted by Crippen LogP contribution is 2.45.